The van der Waals surface area contributed by atoms with Crippen molar-refractivity contribution >= 4 is 147 Å². The van der Waals surface area contributed by atoms with E-state index in [2.05, 4.69) is 116 Å². The van der Waals surface area contributed by atoms with Crippen molar-refractivity contribution in [1.82, 2.24) is 55.1 Å². The molecule has 10 heterocycles. The van der Waals surface area contributed by atoms with Crippen molar-refractivity contribution in [2.24, 2.45) is 75.4 Å². The van der Waals surface area contributed by atoms with E-state index in [0.29, 0.717) is 121 Å². The molecular weight excluding hydrogens is 1920 g/mol. The van der Waals surface area contributed by atoms with Gasteiger partial charge in [0.15, 0.2) is 33.7 Å². The largest absolute Gasteiger partial charge is 0.487 e. The molecule has 2 aliphatic heterocycles. The maximum Gasteiger partial charge on any atom is 0.272 e. The monoisotopic (exact) mass is 2040 g/mol. The zero-order valence-electron chi connectivity index (χ0n) is 75.7. The molecule has 129 heavy (non-hydrogen) atoms. The minimum absolute atomic E-state index is 0.0164. The van der Waals surface area contributed by atoms with Crippen molar-refractivity contribution in [2.75, 3.05) is 43.9 Å². The molecule has 1 aromatic carbocycles. The fourth-order valence-electron chi connectivity index (χ4n) is 24.1. The first-order valence-electron chi connectivity index (χ1n) is 47.9. The van der Waals surface area contributed by atoms with Crippen molar-refractivity contribution < 1.29 is 37.4 Å². The first-order valence-corrected chi connectivity index (χ1v) is 54.7. The van der Waals surface area contributed by atoms with Crippen molar-refractivity contribution in [3.8, 4) is 60.2 Å². The second kappa shape index (κ2) is 41.2. The summed E-state index contributed by atoms with van der Waals surface area (Å²) in [5, 5.41) is 29.9. The number of hydrogen-bond donors (Lipinski definition) is 3. The third-order valence-electron chi connectivity index (χ3n) is 31.6. The summed E-state index contributed by atoms with van der Waals surface area (Å²) in [6.45, 7) is 21.9. The van der Waals surface area contributed by atoms with E-state index in [9.17, 15) is 28.0 Å². The summed E-state index contributed by atoms with van der Waals surface area (Å²) >= 11 is 37.9. The Kier molecular flexibility index (Phi) is 30.4. The molecule has 0 saturated heterocycles. The van der Waals surface area contributed by atoms with Gasteiger partial charge in [-0.1, -0.05) is 116 Å². The smallest absolute Gasteiger partial charge is 0.272 e. The molecule has 17 nitrogen and oxygen atoms in total. The molecular formula is C100H125Br2Cl4F2N11O6S4. The van der Waals surface area contributed by atoms with E-state index < -0.39 is 11.6 Å². The number of carbonyl (C=O) groups excluding carboxylic acids is 4. The minimum atomic E-state index is -0.715. The van der Waals surface area contributed by atoms with E-state index in [0.717, 1.165) is 253 Å². The summed E-state index contributed by atoms with van der Waals surface area (Å²) in [6.07, 6.45) is 33.7. The Morgan fingerprint density at radius 1 is 0.504 bits per heavy atom. The highest BCUT2D eigenvalue weighted by molar-refractivity contribution is 9.11. The molecule has 10 fully saturated rings. The molecule has 6 bridgehead atoms. The number of nitrogens with one attached hydrogen (secondary N) is 3. The molecule has 696 valence electrons. The third kappa shape index (κ3) is 20.0. The third-order valence-corrected chi connectivity index (χ3v) is 38.0. The molecule has 9 atom stereocenters. The summed E-state index contributed by atoms with van der Waals surface area (Å²) < 4.78 is 50.7. The minimum Gasteiger partial charge on any atom is -0.487 e. The van der Waals surface area contributed by atoms with Crippen LogP contribution in [0.15, 0.2) is 50.0 Å². The standard InChI is InChI=1S/2C26H35BrClN3OS.C25H33Cl2N3O2S.C23H22F2N2O2S/c1-26(2)17-10-9-16(20(26)13-17)15-29-25(32)23-18-7-6-8-21-19(14-22(27)33-21)24(18)31(30-23)12-5-3-4-11-28;1-26(2)18-10-9-17(20(26)14-18)15-29-25(32)22-19-8-6-7-16-13-21(27)33-24(16)23(19)31(30-22)12-5-3-4-11-28;1-25(2)16-7-6-15(19(25)12-16)14-28-23(31)21-17-8-11-32-24-18(13-20(27)33-24)22(17)30(29-21)10-5-3-4-9-26;1-13-9-20-23(30-13)22-16(12-29-20)21(19(28)10-14-5-3-2-4-6-14)26-27(22)18-8-7-15(24)11-17(18)25/h14,16-17,20H,3-13,15H2,1-2H3,(H,29,32);13,17-18,20H,3-12,14-15H2,1-2H3,(H,29,32);13,15-16,19H,3-12,14H2,1-2H3,(H,28,31);7-9,11,14H,2-6,10,12H2,1H3. The summed E-state index contributed by atoms with van der Waals surface area (Å²) in [4.78, 5) is 58.1. The molecule has 12 aliphatic carbocycles. The predicted octanol–water partition coefficient (Wildman–Crippen LogP) is 26.8. The van der Waals surface area contributed by atoms with E-state index >= 15 is 0 Å². The fraction of sp³-hybridized carbons (Fsp3) is 0.620. The highest BCUT2D eigenvalue weighted by atomic mass is 79.9. The van der Waals surface area contributed by atoms with Gasteiger partial charge in [-0.05, 0) is 291 Å². The van der Waals surface area contributed by atoms with E-state index in [1.807, 2.05) is 35.1 Å². The van der Waals surface area contributed by atoms with Crippen molar-refractivity contribution in [1.29, 1.82) is 0 Å². The van der Waals surface area contributed by atoms with Crippen LogP contribution in [0.4, 0.5) is 8.78 Å². The van der Waals surface area contributed by atoms with E-state index in [1.165, 1.54) is 136 Å². The molecule has 0 spiro atoms. The zero-order valence-corrected chi connectivity index (χ0v) is 85.2. The van der Waals surface area contributed by atoms with E-state index in [4.69, 9.17) is 71.2 Å². The van der Waals surface area contributed by atoms with Gasteiger partial charge in [0, 0.05) is 113 Å². The van der Waals surface area contributed by atoms with Crippen LogP contribution in [0.25, 0.3) is 49.3 Å². The Morgan fingerprint density at radius 2 is 1.02 bits per heavy atom. The number of nitrogens with zero attached hydrogens (tertiary/aromatic N) is 8. The number of benzene rings is 1. The van der Waals surface area contributed by atoms with Gasteiger partial charge < -0.3 is 25.4 Å². The van der Waals surface area contributed by atoms with Crippen LogP contribution in [0.1, 0.15) is 288 Å². The number of unbranched alkanes of at least 4 members (excludes halogenated alkanes) is 6. The van der Waals surface area contributed by atoms with Gasteiger partial charge in [0.05, 0.1) is 56.6 Å². The van der Waals surface area contributed by atoms with Crippen molar-refractivity contribution in [3.63, 3.8) is 0 Å². The summed E-state index contributed by atoms with van der Waals surface area (Å²) in [5.41, 5.74) is 15.2. The number of rotatable bonds is 28. The Bertz CT molecular complexity index is 5160. The average molecular weight is 2050 g/mol. The van der Waals surface area contributed by atoms with Crippen LogP contribution >= 0.6 is 124 Å². The van der Waals surface area contributed by atoms with Gasteiger partial charge in [0.2, 0.25) is 0 Å². The van der Waals surface area contributed by atoms with E-state index in [-0.39, 0.29) is 35.8 Å². The number of ketones is 1. The van der Waals surface area contributed by atoms with Crippen molar-refractivity contribution in [3.05, 3.63) is 126 Å². The van der Waals surface area contributed by atoms with Gasteiger partial charge in [-0.2, -0.15) is 20.4 Å². The second-order valence-electron chi connectivity index (χ2n) is 40.2. The molecule has 23 rings (SSSR count). The first kappa shape index (κ1) is 95.3. The van der Waals surface area contributed by atoms with Crippen LogP contribution in [0.2, 0.25) is 4.34 Å². The molecule has 14 aliphatic rings. The fourth-order valence-corrected chi connectivity index (χ4v) is 30.3. The number of ether oxygens (including phenoxy) is 2. The maximum atomic E-state index is 14.7. The van der Waals surface area contributed by atoms with Crippen LogP contribution in [0, 0.1) is 94.0 Å². The lowest BCUT2D eigenvalue weighted by atomic mass is 9.45. The summed E-state index contributed by atoms with van der Waals surface area (Å²) in [6, 6.07) is 11.8. The van der Waals surface area contributed by atoms with Crippen LogP contribution < -0.4 is 25.4 Å². The van der Waals surface area contributed by atoms with Gasteiger partial charge in [0.25, 0.3) is 17.7 Å². The zero-order chi connectivity index (χ0) is 90.3. The summed E-state index contributed by atoms with van der Waals surface area (Å²) in [7, 11) is 0. The number of fused-ring (bicyclic) bond motifs is 18. The number of thiophene rings is 4. The number of amides is 3. The molecule has 10 saturated carbocycles. The number of hydrogen-bond acceptors (Lipinski definition) is 14. The Labute approximate surface area is 812 Å². The number of aromatic nitrogens is 8. The highest BCUT2D eigenvalue weighted by Gasteiger charge is 2.57. The Hall–Kier alpha value is -5.48. The molecule has 3 N–H and O–H groups in total. The van der Waals surface area contributed by atoms with Crippen LogP contribution in [-0.4, -0.2) is 107 Å². The highest BCUT2D eigenvalue weighted by Crippen LogP contribution is 2.64. The first-order chi connectivity index (χ1) is 62.2. The normalized spacial score (nSPS) is 22.9. The molecule has 8 aromatic heterocycles. The molecule has 29 heteroatoms. The Balaban J connectivity index is 0.000000121. The van der Waals surface area contributed by atoms with Crippen molar-refractivity contribution in [2.45, 2.75) is 274 Å². The molecule has 9 unspecified atom stereocenters. The van der Waals surface area contributed by atoms with Gasteiger partial charge >= 0.3 is 0 Å². The molecule has 3 amide bonds. The SMILES string of the molecule is CC1(C)C2CCC(CNC(=O)c3nn(CCCCCCl)c4c3CCCc3cc(Br)sc3-4)C1C2.CC1(C)C2CCC(CNC(=O)c3nn(CCCCCCl)c4c3CCCc3sc(Br)cc3-4)C1C2.CC1(C)C2CCC(CNC(=O)c3nn(CCCCCCl)c4c3CCOc3sc(Cl)cc3-4)C1C2.Cc1cc2c(s1)-c1c(c(C(=O)CC3CCCCC3)nn1-c1ccc(F)cc1F)CO2. The Morgan fingerprint density at radius 3 is 1.54 bits per heavy atom. The van der Waals surface area contributed by atoms with Crippen LogP contribution in [0.5, 0.6) is 10.8 Å². The number of Topliss-reactive ketones (excluding diaryl/α,β-unsaturated/α-hetero) is 1. The lowest BCUT2D eigenvalue weighted by molar-refractivity contribution is -0.103. The number of halogens is 8. The lowest BCUT2D eigenvalue weighted by Gasteiger charge is -2.60. The van der Waals surface area contributed by atoms with Gasteiger partial charge in [0.1, 0.15) is 29.6 Å². The number of aryl methyl sites for hydroxylation is 6. The van der Waals surface area contributed by atoms with Gasteiger partial charge in [-0.25, -0.2) is 13.5 Å². The molecule has 9 aromatic rings. The average Bonchev–Trinajstić information content (AvgIpc) is 1.48. The maximum absolute atomic E-state index is 14.7. The molecule has 0 radical (unpaired) electrons. The topological polar surface area (TPSA) is 194 Å². The van der Waals surface area contributed by atoms with Gasteiger partial charge in [-0.15, -0.1) is 68.8 Å². The van der Waals surface area contributed by atoms with E-state index in [1.54, 1.807) is 11.3 Å². The number of alkyl halides is 3. The summed E-state index contributed by atoms with van der Waals surface area (Å²) in [5.74, 6) is 8.36. The quantitative estimate of drug-likeness (QED) is 0.0241. The lowest BCUT2D eigenvalue weighted by Crippen LogP contribution is -2.54. The number of carbonyl (C=O) groups is 4. The second-order valence-corrected chi connectivity index (χ2v) is 49.2. The van der Waals surface area contributed by atoms with Crippen LogP contribution in [-0.2, 0) is 58.3 Å². The van der Waals surface area contributed by atoms with Gasteiger partial charge in [-0.3, -0.25) is 33.2 Å². The predicted molar refractivity (Wildman–Crippen MR) is 527 cm³/mol. The van der Waals surface area contributed by atoms with Crippen LogP contribution in [0.3, 0.4) is 0 Å².